The molecule has 0 radical (unpaired) electrons. The van der Waals surface area contributed by atoms with Crippen LogP contribution in [0, 0.1) is 0 Å². The number of piperidine rings is 1. The van der Waals surface area contributed by atoms with Crippen LogP contribution in [0.1, 0.15) is 34.9 Å². The van der Waals surface area contributed by atoms with Crippen molar-refractivity contribution in [3.8, 4) is 5.69 Å². The van der Waals surface area contributed by atoms with Gasteiger partial charge in [-0.05, 0) is 54.6 Å². The molecule has 0 spiro atoms. The molecule has 140 valence electrons. The van der Waals surface area contributed by atoms with Crippen LogP contribution in [0.4, 0.5) is 0 Å². The average Bonchev–Trinajstić information content (AvgIpc) is 3.44. The third-order valence-corrected chi connectivity index (χ3v) is 5.68. The molecule has 1 fully saturated rings. The standard InChI is InChI=1S/C23H22N4O/c28-23(26-14-9-18(10-15-26)22-24-12-13-25-22)19-5-7-20(8-6-19)27-16-11-17-3-1-2-4-21(17)27/h1-8,11-13,16,18H,9-10,14-15H2,(H,24,25). The molecular weight excluding hydrogens is 348 g/mol. The van der Waals surface area contributed by atoms with Crippen LogP contribution in [0.3, 0.4) is 0 Å². The van der Waals surface area contributed by atoms with Crippen molar-refractivity contribution in [1.82, 2.24) is 19.4 Å². The van der Waals surface area contributed by atoms with Crippen molar-refractivity contribution >= 4 is 16.8 Å². The summed E-state index contributed by atoms with van der Waals surface area (Å²) in [5.74, 6) is 1.57. The minimum atomic E-state index is 0.113. The summed E-state index contributed by atoms with van der Waals surface area (Å²) in [4.78, 5) is 22.4. The first-order valence-electron chi connectivity index (χ1n) is 9.75. The third-order valence-electron chi connectivity index (χ3n) is 5.68. The zero-order chi connectivity index (χ0) is 18.9. The highest BCUT2D eigenvalue weighted by Gasteiger charge is 2.25. The summed E-state index contributed by atoms with van der Waals surface area (Å²) in [7, 11) is 0. The summed E-state index contributed by atoms with van der Waals surface area (Å²) in [6.45, 7) is 1.54. The van der Waals surface area contributed by atoms with Crippen LogP contribution in [-0.4, -0.2) is 38.4 Å². The summed E-state index contributed by atoms with van der Waals surface area (Å²) >= 11 is 0. The normalized spacial score (nSPS) is 15.2. The quantitative estimate of drug-likeness (QED) is 0.582. The monoisotopic (exact) mass is 370 g/mol. The first-order valence-corrected chi connectivity index (χ1v) is 9.75. The van der Waals surface area contributed by atoms with Crippen molar-refractivity contribution in [2.75, 3.05) is 13.1 Å². The highest BCUT2D eigenvalue weighted by molar-refractivity contribution is 5.94. The average molecular weight is 370 g/mol. The van der Waals surface area contributed by atoms with E-state index >= 15 is 0 Å². The second kappa shape index (κ2) is 7.00. The highest BCUT2D eigenvalue weighted by atomic mass is 16.2. The fraction of sp³-hybridized carbons (Fsp3) is 0.217. The van der Waals surface area contributed by atoms with Gasteiger partial charge in [-0.25, -0.2) is 4.98 Å². The van der Waals surface area contributed by atoms with Gasteiger partial charge in [0.15, 0.2) is 0 Å². The Morgan fingerprint density at radius 3 is 2.54 bits per heavy atom. The summed E-state index contributed by atoms with van der Waals surface area (Å²) in [6.07, 6.45) is 7.63. The van der Waals surface area contributed by atoms with Gasteiger partial charge in [-0.2, -0.15) is 0 Å². The van der Waals surface area contributed by atoms with E-state index in [1.165, 1.54) is 10.9 Å². The second-order valence-corrected chi connectivity index (χ2v) is 7.33. The number of benzene rings is 2. The Kier molecular flexibility index (Phi) is 4.20. The Balaban J connectivity index is 1.30. The van der Waals surface area contributed by atoms with Crippen molar-refractivity contribution in [2.24, 2.45) is 0 Å². The molecule has 3 heterocycles. The number of nitrogens with one attached hydrogen (secondary N) is 1. The van der Waals surface area contributed by atoms with Crippen molar-refractivity contribution < 1.29 is 4.79 Å². The maximum atomic E-state index is 12.9. The molecule has 1 saturated heterocycles. The first kappa shape index (κ1) is 16.8. The van der Waals surface area contributed by atoms with E-state index in [1.807, 2.05) is 47.5 Å². The molecule has 0 unspecified atom stereocenters. The lowest BCUT2D eigenvalue weighted by molar-refractivity contribution is 0.0711. The summed E-state index contributed by atoms with van der Waals surface area (Å²) in [5.41, 5.74) is 2.98. The number of likely N-dealkylation sites (tertiary alicyclic amines) is 1. The van der Waals surface area contributed by atoms with Crippen molar-refractivity contribution in [2.45, 2.75) is 18.8 Å². The SMILES string of the molecule is O=C(c1ccc(-n2ccc3ccccc32)cc1)N1CCC(c2ncc[nH]2)CC1. The Labute approximate surface area is 163 Å². The zero-order valence-corrected chi connectivity index (χ0v) is 15.6. The van der Waals surface area contributed by atoms with Crippen LogP contribution in [0.25, 0.3) is 16.6 Å². The van der Waals surface area contributed by atoms with Crippen molar-refractivity contribution in [1.29, 1.82) is 0 Å². The predicted molar refractivity (Wildman–Crippen MR) is 110 cm³/mol. The fourth-order valence-electron chi connectivity index (χ4n) is 4.11. The van der Waals surface area contributed by atoms with Gasteiger partial charge in [-0.3, -0.25) is 4.79 Å². The van der Waals surface area contributed by atoms with E-state index in [0.717, 1.165) is 43.0 Å². The molecular formula is C23H22N4O. The third kappa shape index (κ3) is 2.99. The molecule has 2 aromatic heterocycles. The van der Waals surface area contributed by atoms with Gasteiger partial charge in [0.25, 0.3) is 5.91 Å². The topological polar surface area (TPSA) is 53.9 Å². The van der Waals surface area contributed by atoms with Crippen LogP contribution >= 0.6 is 0 Å². The van der Waals surface area contributed by atoms with Gasteiger partial charge < -0.3 is 14.5 Å². The van der Waals surface area contributed by atoms with E-state index in [1.54, 1.807) is 6.20 Å². The lowest BCUT2D eigenvalue weighted by atomic mass is 9.95. The van der Waals surface area contributed by atoms with Crippen LogP contribution < -0.4 is 0 Å². The maximum absolute atomic E-state index is 12.9. The van der Waals surface area contributed by atoms with E-state index in [4.69, 9.17) is 0 Å². The lowest BCUT2D eigenvalue weighted by Crippen LogP contribution is -2.38. The van der Waals surface area contributed by atoms with Gasteiger partial charge in [0.05, 0.1) is 5.52 Å². The van der Waals surface area contributed by atoms with E-state index in [2.05, 4.69) is 38.9 Å². The number of hydrogen-bond acceptors (Lipinski definition) is 2. The van der Waals surface area contributed by atoms with Gasteiger partial charge in [-0.15, -0.1) is 0 Å². The van der Waals surface area contributed by atoms with Crippen LogP contribution in [0.15, 0.2) is 73.2 Å². The molecule has 5 nitrogen and oxygen atoms in total. The van der Waals surface area contributed by atoms with Crippen molar-refractivity contribution in [3.05, 3.63) is 84.6 Å². The Morgan fingerprint density at radius 1 is 1.00 bits per heavy atom. The number of nitrogens with zero attached hydrogens (tertiary/aromatic N) is 3. The number of H-pyrrole nitrogens is 1. The smallest absolute Gasteiger partial charge is 0.253 e. The summed E-state index contributed by atoms with van der Waals surface area (Å²) in [6, 6.07) is 18.3. The van der Waals surface area contributed by atoms with Crippen molar-refractivity contribution in [3.63, 3.8) is 0 Å². The lowest BCUT2D eigenvalue weighted by Gasteiger charge is -2.31. The van der Waals surface area contributed by atoms with Gasteiger partial charge in [0.2, 0.25) is 0 Å². The van der Waals surface area contributed by atoms with E-state index in [9.17, 15) is 4.79 Å². The molecule has 1 aliphatic heterocycles. The summed E-state index contributed by atoms with van der Waals surface area (Å²) in [5, 5.41) is 1.21. The second-order valence-electron chi connectivity index (χ2n) is 7.33. The molecule has 1 aliphatic rings. The number of carbonyl (C=O) groups is 1. The Hall–Kier alpha value is -3.34. The van der Waals surface area contributed by atoms with Gasteiger partial charge >= 0.3 is 0 Å². The molecule has 1 amide bonds. The molecule has 5 rings (SSSR count). The zero-order valence-electron chi connectivity index (χ0n) is 15.6. The molecule has 0 saturated carbocycles. The number of imidazole rings is 1. The van der Waals surface area contributed by atoms with Gasteiger partial charge in [0.1, 0.15) is 5.82 Å². The maximum Gasteiger partial charge on any atom is 0.253 e. The molecule has 4 aromatic rings. The number of amides is 1. The number of rotatable bonds is 3. The Bertz CT molecular complexity index is 1090. The highest BCUT2D eigenvalue weighted by Crippen LogP contribution is 2.26. The van der Waals surface area contributed by atoms with Gasteiger partial charge in [-0.1, -0.05) is 18.2 Å². The Morgan fingerprint density at radius 2 is 1.79 bits per heavy atom. The minimum Gasteiger partial charge on any atom is -0.348 e. The number of aromatic nitrogens is 3. The largest absolute Gasteiger partial charge is 0.348 e. The van der Waals surface area contributed by atoms with Crippen LogP contribution in [0.5, 0.6) is 0 Å². The van der Waals surface area contributed by atoms with E-state index < -0.39 is 0 Å². The molecule has 28 heavy (non-hydrogen) atoms. The fourth-order valence-corrected chi connectivity index (χ4v) is 4.11. The van der Waals surface area contributed by atoms with E-state index in [0.29, 0.717) is 5.92 Å². The van der Waals surface area contributed by atoms with Gasteiger partial charge in [0, 0.05) is 48.8 Å². The summed E-state index contributed by atoms with van der Waals surface area (Å²) < 4.78 is 2.15. The number of carbonyl (C=O) groups excluding carboxylic acids is 1. The van der Waals surface area contributed by atoms with Crippen LogP contribution in [0.2, 0.25) is 0 Å². The number of para-hydroxylation sites is 1. The number of aromatic amines is 1. The molecule has 1 N–H and O–H groups in total. The predicted octanol–water partition coefficient (Wildman–Crippen LogP) is 4.37. The number of hydrogen-bond donors (Lipinski definition) is 1. The van der Waals surface area contributed by atoms with E-state index in [-0.39, 0.29) is 5.91 Å². The molecule has 0 atom stereocenters. The molecule has 0 aliphatic carbocycles. The molecule has 0 bridgehead atoms. The minimum absolute atomic E-state index is 0.113. The number of fused-ring (bicyclic) bond motifs is 1. The molecule has 2 aromatic carbocycles. The molecule has 5 heteroatoms. The van der Waals surface area contributed by atoms with Crippen LogP contribution in [-0.2, 0) is 0 Å². The first-order chi connectivity index (χ1) is 13.8.